The minimum Gasteiger partial charge on any atom is -0.465 e. The fraction of sp³-hybridized carbons (Fsp3) is 0.467. The van der Waals surface area contributed by atoms with Gasteiger partial charge in [0, 0.05) is 6.04 Å². The normalized spacial score (nSPS) is 22.4. The molecule has 1 aromatic carbocycles. The molecule has 0 aliphatic heterocycles. The number of hydrogen-bond acceptors (Lipinski definition) is 5. The number of carbonyl (C=O) groups excluding carboxylic acids is 1. The summed E-state index contributed by atoms with van der Waals surface area (Å²) < 4.78 is 6.69. The number of imidazole rings is 1. The maximum absolute atomic E-state index is 11.6. The lowest BCUT2D eigenvalue weighted by Crippen LogP contribution is -2.23. The van der Waals surface area contributed by atoms with E-state index >= 15 is 0 Å². The minimum absolute atomic E-state index is 0.155. The lowest BCUT2D eigenvalue weighted by atomic mass is 9.92. The molecule has 1 aromatic heterocycles. The molecule has 0 radical (unpaired) electrons. The molecule has 2 aromatic rings. The fourth-order valence-corrected chi connectivity index (χ4v) is 3.12. The number of aromatic nitrogens is 2. The second-order valence-electron chi connectivity index (χ2n) is 5.51. The van der Waals surface area contributed by atoms with Crippen molar-refractivity contribution in [2.45, 2.75) is 37.8 Å². The largest absolute Gasteiger partial charge is 0.465 e. The van der Waals surface area contributed by atoms with E-state index in [4.69, 9.17) is 10.5 Å². The van der Waals surface area contributed by atoms with Crippen molar-refractivity contribution in [1.29, 1.82) is 0 Å². The number of carbonyl (C=O) groups is 1. The van der Waals surface area contributed by atoms with Crippen LogP contribution in [-0.4, -0.2) is 33.8 Å². The standard InChI is InChI=1S/C15H19N3O3/c1-21-14(20)9-5-6-13-12(7-9)17-15(16)18(13)10-3-2-4-11(19)8-10/h5-7,10-11,19H,2-4,8H2,1H3,(H2,16,17)/t10-,11-/m0/s1. The Morgan fingerprint density at radius 2 is 2.29 bits per heavy atom. The zero-order chi connectivity index (χ0) is 15.0. The van der Waals surface area contributed by atoms with Gasteiger partial charge in [-0.3, -0.25) is 0 Å². The fourth-order valence-electron chi connectivity index (χ4n) is 3.12. The highest BCUT2D eigenvalue weighted by Gasteiger charge is 2.25. The summed E-state index contributed by atoms with van der Waals surface area (Å²) in [6, 6.07) is 5.40. The van der Waals surface area contributed by atoms with Gasteiger partial charge in [-0.2, -0.15) is 0 Å². The molecule has 112 valence electrons. The maximum Gasteiger partial charge on any atom is 0.337 e. The maximum atomic E-state index is 11.6. The zero-order valence-electron chi connectivity index (χ0n) is 12.0. The summed E-state index contributed by atoms with van der Waals surface area (Å²) in [5, 5.41) is 9.85. The van der Waals surface area contributed by atoms with Gasteiger partial charge in [0.2, 0.25) is 5.95 Å². The van der Waals surface area contributed by atoms with Crippen LogP contribution in [0.3, 0.4) is 0 Å². The Morgan fingerprint density at radius 3 is 3.00 bits per heavy atom. The first kappa shape index (κ1) is 13.9. The van der Waals surface area contributed by atoms with Crippen molar-refractivity contribution in [2.75, 3.05) is 12.8 Å². The van der Waals surface area contributed by atoms with E-state index in [-0.39, 0.29) is 12.1 Å². The lowest BCUT2D eigenvalue weighted by molar-refractivity contribution is 0.0601. The average molecular weight is 289 g/mol. The Kier molecular flexibility index (Phi) is 3.55. The van der Waals surface area contributed by atoms with Crippen LogP contribution in [0, 0.1) is 0 Å². The molecule has 6 heteroatoms. The van der Waals surface area contributed by atoms with Gasteiger partial charge >= 0.3 is 5.97 Å². The van der Waals surface area contributed by atoms with Crippen molar-refractivity contribution in [1.82, 2.24) is 9.55 Å². The summed E-state index contributed by atoms with van der Waals surface area (Å²) >= 11 is 0. The summed E-state index contributed by atoms with van der Waals surface area (Å²) in [6.07, 6.45) is 3.20. The van der Waals surface area contributed by atoms with Gasteiger partial charge in [0.15, 0.2) is 0 Å². The van der Waals surface area contributed by atoms with E-state index in [0.29, 0.717) is 23.4 Å². The predicted octanol–water partition coefficient (Wildman–Crippen LogP) is 1.88. The molecule has 0 unspecified atom stereocenters. The van der Waals surface area contributed by atoms with Crippen LogP contribution in [0.2, 0.25) is 0 Å². The molecule has 3 N–H and O–H groups in total. The van der Waals surface area contributed by atoms with Gasteiger partial charge in [0.05, 0.1) is 29.8 Å². The first-order chi connectivity index (χ1) is 10.1. The molecule has 1 heterocycles. The van der Waals surface area contributed by atoms with E-state index in [9.17, 15) is 9.90 Å². The third-order valence-corrected chi connectivity index (χ3v) is 4.12. The lowest BCUT2D eigenvalue weighted by Gasteiger charge is -2.28. The van der Waals surface area contributed by atoms with Crippen LogP contribution in [0.5, 0.6) is 0 Å². The highest BCUT2D eigenvalue weighted by atomic mass is 16.5. The third kappa shape index (κ3) is 2.47. The van der Waals surface area contributed by atoms with Crippen LogP contribution >= 0.6 is 0 Å². The van der Waals surface area contributed by atoms with Crippen LogP contribution < -0.4 is 5.73 Å². The number of anilines is 1. The molecule has 3 rings (SSSR count). The highest BCUT2D eigenvalue weighted by Crippen LogP contribution is 2.33. The molecule has 21 heavy (non-hydrogen) atoms. The number of ether oxygens (including phenoxy) is 1. The van der Waals surface area contributed by atoms with Crippen molar-refractivity contribution in [2.24, 2.45) is 0 Å². The Balaban J connectivity index is 2.03. The van der Waals surface area contributed by atoms with Crippen LogP contribution in [0.15, 0.2) is 18.2 Å². The molecule has 1 saturated carbocycles. The Bertz CT molecular complexity index is 680. The number of fused-ring (bicyclic) bond motifs is 1. The molecule has 1 aliphatic carbocycles. The van der Waals surface area contributed by atoms with Gasteiger partial charge in [-0.1, -0.05) is 0 Å². The van der Waals surface area contributed by atoms with Crippen molar-refractivity contribution in [3.05, 3.63) is 23.8 Å². The van der Waals surface area contributed by atoms with Gasteiger partial charge in [0.25, 0.3) is 0 Å². The number of nitrogens with two attached hydrogens (primary N) is 1. The molecule has 6 nitrogen and oxygen atoms in total. The number of rotatable bonds is 2. The van der Waals surface area contributed by atoms with Gasteiger partial charge in [-0.25, -0.2) is 9.78 Å². The van der Waals surface area contributed by atoms with Crippen LogP contribution in [-0.2, 0) is 4.74 Å². The first-order valence-corrected chi connectivity index (χ1v) is 7.14. The SMILES string of the molecule is COC(=O)c1ccc2c(c1)nc(N)n2[C@H]1CCC[C@H](O)C1. The van der Waals surface area contributed by atoms with Crippen molar-refractivity contribution in [3.63, 3.8) is 0 Å². The second-order valence-corrected chi connectivity index (χ2v) is 5.51. The van der Waals surface area contributed by atoms with Gasteiger partial charge in [-0.05, 0) is 43.9 Å². The number of hydrogen-bond donors (Lipinski definition) is 2. The molecular weight excluding hydrogens is 270 g/mol. The molecule has 2 atom stereocenters. The number of methoxy groups -OCH3 is 1. The van der Waals surface area contributed by atoms with E-state index in [1.54, 1.807) is 12.1 Å². The van der Waals surface area contributed by atoms with Crippen molar-refractivity contribution >= 4 is 23.0 Å². The number of aliphatic hydroxyl groups excluding tert-OH is 1. The number of nitrogen functional groups attached to an aromatic ring is 1. The molecular formula is C15H19N3O3. The Labute approximate surface area is 122 Å². The van der Waals surface area contributed by atoms with E-state index in [2.05, 4.69) is 4.98 Å². The molecule has 1 aliphatic rings. The average Bonchev–Trinajstić information content (AvgIpc) is 2.81. The molecule has 0 amide bonds. The van der Waals surface area contributed by atoms with Crippen LogP contribution in [0.1, 0.15) is 42.1 Å². The van der Waals surface area contributed by atoms with Gasteiger partial charge < -0.3 is 20.1 Å². The van der Waals surface area contributed by atoms with E-state index in [0.717, 1.165) is 24.8 Å². The minimum atomic E-state index is -0.391. The van der Waals surface area contributed by atoms with Crippen LogP contribution in [0.25, 0.3) is 11.0 Å². The smallest absolute Gasteiger partial charge is 0.337 e. The zero-order valence-corrected chi connectivity index (χ0v) is 12.0. The number of nitrogens with zero attached hydrogens (tertiary/aromatic N) is 2. The highest BCUT2D eigenvalue weighted by molar-refractivity contribution is 5.94. The van der Waals surface area contributed by atoms with Crippen molar-refractivity contribution < 1.29 is 14.6 Å². The summed E-state index contributed by atoms with van der Waals surface area (Å²) in [7, 11) is 1.35. The summed E-state index contributed by atoms with van der Waals surface area (Å²) in [5.74, 6) is 0.0317. The van der Waals surface area contributed by atoms with E-state index < -0.39 is 5.97 Å². The van der Waals surface area contributed by atoms with Gasteiger partial charge in [-0.15, -0.1) is 0 Å². The topological polar surface area (TPSA) is 90.4 Å². The molecule has 0 spiro atoms. The van der Waals surface area contributed by atoms with E-state index in [1.807, 2.05) is 10.6 Å². The monoisotopic (exact) mass is 289 g/mol. The summed E-state index contributed by atoms with van der Waals surface area (Å²) in [4.78, 5) is 15.9. The second kappa shape index (κ2) is 5.37. The predicted molar refractivity (Wildman–Crippen MR) is 79.0 cm³/mol. The molecule has 0 saturated heterocycles. The number of esters is 1. The molecule has 1 fully saturated rings. The number of aliphatic hydroxyl groups is 1. The quantitative estimate of drug-likeness (QED) is 0.824. The van der Waals surface area contributed by atoms with Crippen LogP contribution in [0.4, 0.5) is 5.95 Å². The Morgan fingerprint density at radius 1 is 1.48 bits per heavy atom. The van der Waals surface area contributed by atoms with Gasteiger partial charge in [0.1, 0.15) is 0 Å². The first-order valence-electron chi connectivity index (χ1n) is 7.14. The summed E-state index contributed by atoms with van der Waals surface area (Å²) in [5.41, 5.74) is 8.06. The van der Waals surface area contributed by atoms with Crippen molar-refractivity contribution in [3.8, 4) is 0 Å². The third-order valence-electron chi connectivity index (χ3n) is 4.12. The number of benzene rings is 1. The Hall–Kier alpha value is -2.08. The summed E-state index contributed by atoms with van der Waals surface area (Å²) in [6.45, 7) is 0. The van der Waals surface area contributed by atoms with E-state index in [1.165, 1.54) is 7.11 Å². The molecule has 0 bridgehead atoms.